The maximum atomic E-state index is 10.5. The van der Waals surface area contributed by atoms with E-state index in [0.29, 0.717) is 5.82 Å². The van der Waals surface area contributed by atoms with Crippen molar-refractivity contribution >= 4 is 34.4 Å². The van der Waals surface area contributed by atoms with E-state index in [1.165, 1.54) is 12.1 Å². The Morgan fingerprint density at radius 3 is 1.95 bits per heavy atom. The second-order valence-electron chi connectivity index (χ2n) is 7.20. The number of aromatic nitrogens is 2. The average Bonchev–Trinajstić information content (AvgIpc) is 3.75. The van der Waals surface area contributed by atoms with Crippen molar-refractivity contribution in [1.29, 1.82) is 0 Å². The molecule has 3 aromatic heterocycles. The van der Waals surface area contributed by atoms with Gasteiger partial charge in [-0.25, -0.2) is 0 Å². The van der Waals surface area contributed by atoms with Crippen LogP contribution in [0.2, 0.25) is 0 Å². The minimum atomic E-state index is -0.849. The molecule has 0 saturated heterocycles. The first-order chi connectivity index (χ1) is 19.2. The molecule has 2 aromatic carbocycles. The van der Waals surface area contributed by atoms with Crippen molar-refractivity contribution < 1.29 is 33.2 Å². The van der Waals surface area contributed by atoms with Crippen molar-refractivity contribution in [1.82, 2.24) is 10.1 Å². The van der Waals surface area contributed by atoms with E-state index in [1.54, 1.807) is 12.1 Å². The van der Waals surface area contributed by atoms with Crippen LogP contribution in [0.15, 0.2) is 103 Å². The highest BCUT2D eigenvalue weighted by atomic mass is 35.5. The van der Waals surface area contributed by atoms with Crippen LogP contribution in [0.1, 0.15) is 16.1 Å². The predicted octanol–water partition coefficient (Wildman–Crippen LogP) is 5.25. The third-order valence-corrected chi connectivity index (χ3v) is 4.77. The minimum Gasteiger partial charge on any atom is -0.409 e. The number of hydrogen-bond donors (Lipinski definition) is 2. The molecule has 15 nitrogen and oxygen atoms in total. The molecular formula is C24H17ClN6O9. The zero-order chi connectivity index (χ0) is 29.1. The summed E-state index contributed by atoms with van der Waals surface area (Å²) < 4.78 is 14.4. The lowest BCUT2D eigenvalue weighted by atomic mass is 10.2. The van der Waals surface area contributed by atoms with Gasteiger partial charge >= 0.3 is 11.8 Å². The van der Waals surface area contributed by atoms with Crippen LogP contribution in [0.4, 0.5) is 11.8 Å². The molecule has 0 aliphatic carbocycles. The zero-order valence-electron chi connectivity index (χ0n) is 20.0. The summed E-state index contributed by atoms with van der Waals surface area (Å²) in [6.07, 6.45) is 0. The predicted molar refractivity (Wildman–Crippen MR) is 139 cm³/mol. The van der Waals surface area contributed by atoms with E-state index in [4.69, 9.17) is 31.5 Å². The summed E-state index contributed by atoms with van der Waals surface area (Å²) in [6.45, 7) is 0. The molecule has 0 aliphatic heterocycles. The Bertz CT molecular complexity index is 1590. The van der Waals surface area contributed by atoms with Gasteiger partial charge in [-0.1, -0.05) is 71.0 Å². The van der Waals surface area contributed by atoms with E-state index in [0.717, 1.165) is 23.3 Å². The van der Waals surface area contributed by atoms with E-state index in [9.17, 15) is 25.0 Å². The van der Waals surface area contributed by atoms with Gasteiger partial charge in [-0.05, 0) is 23.7 Å². The van der Waals surface area contributed by atoms with Gasteiger partial charge in [0.25, 0.3) is 11.1 Å². The lowest BCUT2D eigenvalue weighted by Crippen LogP contribution is -2.12. The first-order valence-corrected chi connectivity index (χ1v) is 11.2. The van der Waals surface area contributed by atoms with Crippen molar-refractivity contribution in [2.45, 2.75) is 0 Å². The van der Waals surface area contributed by atoms with Gasteiger partial charge in [-0.3, -0.25) is 25.0 Å². The Morgan fingerprint density at radius 2 is 1.45 bits per heavy atom. The number of furan rings is 2. The number of oxime groups is 1. The Hall–Kier alpha value is -5.83. The van der Waals surface area contributed by atoms with Crippen molar-refractivity contribution in [2.24, 2.45) is 10.9 Å². The highest BCUT2D eigenvalue weighted by Crippen LogP contribution is 2.26. The third kappa shape index (κ3) is 7.83. The van der Waals surface area contributed by atoms with Crippen LogP contribution < -0.4 is 5.73 Å². The number of nitro groups is 2. The molecular weight excluding hydrogens is 552 g/mol. The van der Waals surface area contributed by atoms with Gasteiger partial charge in [0.1, 0.15) is 9.85 Å². The Kier molecular flexibility index (Phi) is 9.80. The number of nitrogens with two attached hydrogens (primary N) is 1. The second-order valence-corrected chi connectivity index (χ2v) is 7.55. The van der Waals surface area contributed by atoms with Crippen molar-refractivity contribution in [3.05, 3.63) is 116 Å². The third-order valence-electron chi connectivity index (χ3n) is 4.58. The first kappa shape index (κ1) is 28.7. The summed E-state index contributed by atoms with van der Waals surface area (Å²) in [7, 11) is 0. The molecule has 40 heavy (non-hydrogen) atoms. The number of benzene rings is 2. The lowest BCUT2D eigenvalue weighted by Gasteiger charge is -1.94. The van der Waals surface area contributed by atoms with Gasteiger partial charge in [0.15, 0.2) is 17.4 Å². The number of carbonyl (C=O) groups is 1. The molecule has 0 unspecified atom stereocenters. The molecule has 0 amide bonds. The van der Waals surface area contributed by atoms with Crippen LogP contribution in [0.25, 0.3) is 23.0 Å². The summed E-state index contributed by atoms with van der Waals surface area (Å²) in [5.74, 6) is -0.273. The summed E-state index contributed by atoms with van der Waals surface area (Å²) >= 11 is 4.97. The smallest absolute Gasteiger partial charge is 0.409 e. The fraction of sp³-hybridized carbons (Fsp3) is 0. The van der Waals surface area contributed by atoms with Crippen LogP contribution in [0, 0.1) is 20.2 Å². The quantitative estimate of drug-likeness (QED) is 0.0667. The molecule has 16 heteroatoms. The van der Waals surface area contributed by atoms with Gasteiger partial charge in [-0.15, -0.1) is 0 Å². The zero-order valence-corrected chi connectivity index (χ0v) is 20.7. The second kappa shape index (κ2) is 13.6. The number of hydrogen-bond acceptors (Lipinski definition) is 12. The van der Waals surface area contributed by atoms with Crippen LogP contribution in [-0.4, -0.2) is 36.3 Å². The SMILES string of the molecule is N/C(=N\O)c1ccccc1.O=C(Cl)c1ccc([N+](=O)[O-])o1.O=[N+]([O-])c1ccc(-c2nc(-c3ccccc3)no2)o1. The highest BCUT2D eigenvalue weighted by molar-refractivity contribution is 6.67. The number of nitrogens with zero attached hydrogens (tertiary/aromatic N) is 5. The molecule has 0 bridgehead atoms. The summed E-state index contributed by atoms with van der Waals surface area (Å²) in [5, 5.41) is 34.6. The molecule has 0 radical (unpaired) electrons. The number of rotatable bonds is 6. The monoisotopic (exact) mass is 568 g/mol. The highest BCUT2D eigenvalue weighted by Gasteiger charge is 2.18. The van der Waals surface area contributed by atoms with E-state index in [-0.39, 0.29) is 29.1 Å². The van der Waals surface area contributed by atoms with Gasteiger partial charge in [-0.2, -0.15) is 4.98 Å². The van der Waals surface area contributed by atoms with E-state index >= 15 is 0 Å². The maximum absolute atomic E-state index is 10.5. The molecule has 0 aliphatic rings. The van der Waals surface area contributed by atoms with Crippen LogP contribution >= 0.6 is 11.6 Å². The average molecular weight is 569 g/mol. The summed E-state index contributed by atoms with van der Waals surface area (Å²) in [5.41, 5.74) is 6.81. The van der Waals surface area contributed by atoms with Gasteiger partial charge in [0.05, 0.1) is 12.1 Å². The fourth-order valence-electron chi connectivity index (χ4n) is 2.77. The largest absolute Gasteiger partial charge is 0.433 e. The van der Waals surface area contributed by atoms with Crippen LogP contribution in [-0.2, 0) is 0 Å². The normalized spacial score (nSPS) is 10.5. The van der Waals surface area contributed by atoms with Gasteiger partial charge < -0.3 is 24.3 Å². The van der Waals surface area contributed by atoms with Crippen LogP contribution in [0.3, 0.4) is 0 Å². The van der Waals surface area contributed by atoms with Gasteiger partial charge in [0, 0.05) is 11.1 Å². The molecule has 204 valence electrons. The molecule has 3 N–H and O–H groups in total. The molecule has 3 heterocycles. The van der Waals surface area contributed by atoms with Gasteiger partial charge in [0.2, 0.25) is 5.82 Å². The van der Waals surface area contributed by atoms with Crippen LogP contribution in [0.5, 0.6) is 0 Å². The number of amidine groups is 1. The standard InChI is InChI=1S/C12H7N3O4.C7H8N2O.C5H2ClNO4/c16-15(17)10-7-6-9(18-10)12-13-11(14-19-12)8-4-2-1-3-5-8;8-7(9-10)6-4-2-1-3-5-6;6-5(8)3-1-2-4(11-3)7(9)10/h1-7H;1-5,10H,(H2,8,9);1-2H. The molecule has 0 spiro atoms. The molecule has 5 aromatic rings. The Labute approximate surface area is 228 Å². The maximum Gasteiger partial charge on any atom is 0.433 e. The van der Waals surface area contributed by atoms with E-state index < -0.39 is 21.0 Å². The lowest BCUT2D eigenvalue weighted by molar-refractivity contribution is -0.402. The molecule has 0 atom stereocenters. The van der Waals surface area contributed by atoms with E-state index in [2.05, 4.69) is 19.7 Å². The Morgan fingerprint density at radius 1 is 0.875 bits per heavy atom. The topological polar surface area (TPSA) is 227 Å². The molecule has 0 fully saturated rings. The van der Waals surface area contributed by atoms with E-state index in [1.807, 2.05) is 48.5 Å². The number of halogens is 1. The van der Waals surface area contributed by atoms with Crippen molar-refractivity contribution in [2.75, 3.05) is 0 Å². The molecule has 5 rings (SSSR count). The van der Waals surface area contributed by atoms with Crippen molar-refractivity contribution in [3.8, 4) is 23.0 Å². The number of carbonyl (C=O) groups excluding carboxylic acids is 1. The molecule has 0 saturated carbocycles. The Balaban J connectivity index is 0.000000180. The summed E-state index contributed by atoms with van der Waals surface area (Å²) in [4.78, 5) is 33.6. The van der Waals surface area contributed by atoms with Crippen molar-refractivity contribution in [3.63, 3.8) is 0 Å². The first-order valence-electron chi connectivity index (χ1n) is 10.8. The summed E-state index contributed by atoms with van der Waals surface area (Å²) in [6, 6.07) is 23.2. The minimum absolute atomic E-state index is 0.104. The fourth-order valence-corrected chi connectivity index (χ4v) is 2.87.